The van der Waals surface area contributed by atoms with Crippen molar-refractivity contribution < 1.29 is 5.11 Å². The Morgan fingerprint density at radius 1 is 1.05 bits per heavy atom. The van der Waals surface area contributed by atoms with Crippen LogP contribution in [0.25, 0.3) is 10.9 Å². The first-order valence-corrected chi connectivity index (χ1v) is 7.75. The van der Waals surface area contributed by atoms with Crippen molar-refractivity contribution in [2.24, 2.45) is 0 Å². The van der Waals surface area contributed by atoms with Crippen molar-refractivity contribution in [2.45, 2.75) is 29.4 Å². The van der Waals surface area contributed by atoms with E-state index in [1.54, 1.807) is 18.1 Å². The van der Waals surface area contributed by atoms with E-state index in [0.29, 0.717) is 0 Å². The van der Waals surface area contributed by atoms with Gasteiger partial charge in [0.25, 0.3) is 0 Å². The van der Waals surface area contributed by atoms with Crippen LogP contribution in [0.3, 0.4) is 0 Å². The van der Waals surface area contributed by atoms with Gasteiger partial charge in [-0.1, -0.05) is 49.0 Å². The molecule has 0 aliphatic rings. The molecule has 3 rings (SSSR count). The quantitative estimate of drug-likeness (QED) is 0.732. The lowest BCUT2D eigenvalue weighted by Crippen LogP contribution is -1.94. The molecule has 1 heterocycles. The number of hydrogen-bond acceptors (Lipinski definition) is 4. The standard InChI is InChI=1S/C17H16N2OS/c1-2-16(20)12-7-9-13(10-8-12)21-17-14-5-3-4-6-15(14)18-11-19-17/h3-11,16,20H,2H2,1H3/t16-/m0/s1. The van der Waals surface area contributed by atoms with E-state index < -0.39 is 0 Å². The van der Waals surface area contributed by atoms with Gasteiger partial charge in [-0.15, -0.1) is 0 Å². The molecular weight excluding hydrogens is 280 g/mol. The van der Waals surface area contributed by atoms with Gasteiger partial charge in [-0.05, 0) is 30.2 Å². The Balaban J connectivity index is 1.88. The summed E-state index contributed by atoms with van der Waals surface area (Å²) < 4.78 is 0. The maximum Gasteiger partial charge on any atom is 0.117 e. The van der Waals surface area contributed by atoms with Crippen LogP contribution in [0.1, 0.15) is 25.0 Å². The normalized spacial score (nSPS) is 12.5. The molecule has 0 radical (unpaired) electrons. The second kappa shape index (κ2) is 6.24. The van der Waals surface area contributed by atoms with Crippen LogP contribution in [-0.4, -0.2) is 15.1 Å². The molecule has 0 bridgehead atoms. The summed E-state index contributed by atoms with van der Waals surface area (Å²) in [6.07, 6.45) is 1.94. The lowest BCUT2D eigenvalue weighted by atomic mass is 10.1. The molecule has 3 nitrogen and oxygen atoms in total. The Morgan fingerprint density at radius 3 is 2.57 bits per heavy atom. The van der Waals surface area contributed by atoms with Crippen molar-refractivity contribution >= 4 is 22.7 Å². The molecule has 106 valence electrons. The number of aliphatic hydroxyl groups excluding tert-OH is 1. The van der Waals surface area contributed by atoms with E-state index in [2.05, 4.69) is 9.97 Å². The molecule has 3 aromatic rings. The van der Waals surface area contributed by atoms with E-state index in [1.807, 2.05) is 55.5 Å². The minimum Gasteiger partial charge on any atom is -0.388 e. The molecule has 0 aliphatic carbocycles. The second-order valence-corrected chi connectivity index (χ2v) is 5.85. The van der Waals surface area contributed by atoms with Crippen LogP contribution in [-0.2, 0) is 0 Å². The molecule has 0 saturated carbocycles. The Bertz CT molecular complexity index is 738. The molecule has 0 fully saturated rings. The summed E-state index contributed by atoms with van der Waals surface area (Å²) in [5, 5.41) is 11.8. The zero-order chi connectivity index (χ0) is 14.7. The van der Waals surface area contributed by atoms with Gasteiger partial charge in [0, 0.05) is 10.3 Å². The van der Waals surface area contributed by atoms with Crippen LogP contribution in [0.4, 0.5) is 0 Å². The summed E-state index contributed by atoms with van der Waals surface area (Å²) in [4.78, 5) is 9.76. The highest BCUT2D eigenvalue weighted by Gasteiger charge is 2.07. The molecule has 1 N–H and O–H groups in total. The maximum absolute atomic E-state index is 9.82. The van der Waals surface area contributed by atoms with Crippen molar-refractivity contribution in [3.05, 3.63) is 60.4 Å². The van der Waals surface area contributed by atoms with Gasteiger partial charge < -0.3 is 5.11 Å². The zero-order valence-corrected chi connectivity index (χ0v) is 12.5. The Morgan fingerprint density at radius 2 is 1.81 bits per heavy atom. The van der Waals surface area contributed by atoms with E-state index in [4.69, 9.17) is 0 Å². The molecular formula is C17H16N2OS. The number of rotatable bonds is 4. The van der Waals surface area contributed by atoms with Gasteiger partial charge in [-0.3, -0.25) is 0 Å². The molecule has 2 aromatic carbocycles. The number of hydrogen-bond donors (Lipinski definition) is 1. The third kappa shape index (κ3) is 3.06. The van der Waals surface area contributed by atoms with Crippen LogP contribution in [0, 0.1) is 0 Å². The number of fused-ring (bicyclic) bond motifs is 1. The van der Waals surface area contributed by atoms with E-state index >= 15 is 0 Å². The summed E-state index contributed by atoms with van der Waals surface area (Å²) in [5.41, 5.74) is 1.91. The predicted molar refractivity (Wildman–Crippen MR) is 85.4 cm³/mol. The van der Waals surface area contributed by atoms with Gasteiger partial charge in [0.1, 0.15) is 11.4 Å². The van der Waals surface area contributed by atoms with Gasteiger partial charge in [0.05, 0.1) is 11.6 Å². The van der Waals surface area contributed by atoms with Crippen molar-refractivity contribution in [3.63, 3.8) is 0 Å². The minimum absolute atomic E-state index is 0.385. The van der Waals surface area contributed by atoms with Crippen molar-refractivity contribution in [3.8, 4) is 0 Å². The molecule has 21 heavy (non-hydrogen) atoms. The Hall–Kier alpha value is -1.91. The van der Waals surface area contributed by atoms with Crippen molar-refractivity contribution in [2.75, 3.05) is 0 Å². The van der Waals surface area contributed by atoms with E-state index in [9.17, 15) is 5.11 Å². The van der Waals surface area contributed by atoms with Crippen molar-refractivity contribution in [1.29, 1.82) is 0 Å². The average molecular weight is 296 g/mol. The summed E-state index contributed by atoms with van der Waals surface area (Å²) in [6, 6.07) is 16.0. The van der Waals surface area contributed by atoms with Gasteiger partial charge in [-0.25, -0.2) is 9.97 Å². The van der Waals surface area contributed by atoms with Crippen LogP contribution in [0.5, 0.6) is 0 Å². The molecule has 0 amide bonds. The van der Waals surface area contributed by atoms with Crippen LogP contribution in [0.15, 0.2) is 64.8 Å². The number of para-hydroxylation sites is 1. The van der Waals surface area contributed by atoms with Gasteiger partial charge in [0.2, 0.25) is 0 Å². The first-order valence-electron chi connectivity index (χ1n) is 6.93. The van der Waals surface area contributed by atoms with E-state index in [-0.39, 0.29) is 6.10 Å². The topological polar surface area (TPSA) is 46.0 Å². The van der Waals surface area contributed by atoms with Crippen molar-refractivity contribution in [1.82, 2.24) is 9.97 Å². The Kier molecular flexibility index (Phi) is 4.18. The average Bonchev–Trinajstić information content (AvgIpc) is 2.55. The fraction of sp³-hybridized carbons (Fsp3) is 0.176. The fourth-order valence-electron chi connectivity index (χ4n) is 2.17. The molecule has 0 saturated heterocycles. The summed E-state index contributed by atoms with van der Waals surface area (Å²) in [5.74, 6) is 0. The van der Waals surface area contributed by atoms with Gasteiger partial charge in [0.15, 0.2) is 0 Å². The highest BCUT2D eigenvalue weighted by molar-refractivity contribution is 7.99. The first kappa shape index (κ1) is 14.0. The zero-order valence-electron chi connectivity index (χ0n) is 11.7. The Labute approximate surface area is 128 Å². The second-order valence-electron chi connectivity index (χ2n) is 4.79. The third-order valence-corrected chi connectivity index (χ3v) is 4.40. The molecule has 0 spiro atoms. The smallest absolute Gasteiger partial charge is 0.117 e. The van der Waals surface area contributed by atoms with Crippen LogP contribution >= 0.6 is 11.8 Å². The van der Waals surface area contributed by atoms with Crippen LogP contribution < -0.4 is 0 Å². The molecule has 1 aromatic heterocycles. The van der Waals surface area contributed by atoms with Gasteiger partial charge in [-0.2, -0.15) is 0 Å². The molecule has 4 heteroatoms. The number of aromatic nitrogens is 2. The number of aliphatic hydroxyl groups is 1. The highest BCUT2D eigenvalue weighted by Crippen LogP contribution is 2.31. The van der Waals surface area contributed by atoms with Gasteiger partial charge >= 0.3 is 0 Å². The molecule has 0 unspecified atom stereocenters. The monoisotopic (exact) mass is 296 g/mol. The maximum atomic E-state index is 9.82. The number of nitrogens with zero attached hydrogens (tertiary/aromatic N) is 2. The fourth-order valence-corrected chi connectivity index (χ4v) is 3.04. The molecule has 1 atom stereocenters. The SMILES string of the molecule is CC[C@H](O)c1ccc(Sc2ncnc3ccccc23)cc1. The summed E-state index contributed by atoms with van der Waals surface area (Å²) in [7, 11) is 0. The van der Waals surface area contributed by atoms with E-state index in [0.717, 1.165) is 32.8 Å². The predicted octanol–water partition coefficient (Wildman–Crippen LogP) is 4.22. The first-order chi connectivity index (χ1) is 10.3. The lowest BCUT2D eigenvalue weighted by molar-refractivity contribution is 0.173. The van der Waals surface area contributed by atoms with E-state index in [1.165, 1.54) is 0 Å². The lowest BCUT2D eigenvalue weighted by Gasteiger charge is -2.09. The number of benzene rings is 2. The highest BCUT2D eigenvalue weighted by atomic mass is 32.2. The largest absolute Gasteiger partial charge is 0.388 e. The molecule has 0 aliphatic heterocycles. The summed E-state index contributed by atoms with van der Waals surface area (Å²) >= 11 is 1.61. The minimum atomic E-state index is -0.385. The van der Waals surface area contributed by atoms with Crippen LogP contribution in [0.2, 0.25) is 0 Å². The third-order valence-electron chi connectivity index (χ3n) is 3.37. The summed E-state index contributed by atoms with van der Waals surface area (Å²) in [6.45, 7) is 1.97.